The molecular weight excluding hydrogens is 254 g/mol. The molecule has 4 heteroatoms. The summed E-state index contributed by atoms with van der Waals surface area (Å²) in [5, 5.41) is 11.7. The Bertz CT molecular complexity index is 660. The van der Waals surface area contributed by atoms with E-state index in [1.807, 2.05) is 19.1 Å². The Kier molecular flexibility index (Phi) is 3.84. The molecule has 2 rings (SSSR count). The van der Waals surface area contributed by atoms with E-state index in [-0.39, 0.29) is 11.5 Å². The molecular formula is C16H15NO3. The van der Waals surface area contributed by atoms with Crippen LogP contribution in [0, 0.1) is 13.8 Å². The first-order chi connectivity index (χ1) is 9.47. The highest BCUT2D eigenvalue weighted by Gasteiger charge is 2.09. The molecule has 20 heavy (non-hydrogen) atoms. The predicted octanol–water partition coefficient (Wildman–Crippen LogP) is 3.25. The number of hydrogen-bond donors (Lipinski definition) is 2. The highest BCUT2D eigenvalue weighted by atomic mass is 16.4. The van der Waals surface area contributed by atoms with Crippen molar-refractivity contribution in [3.05, 3.63) is 64.7 Å². The normalized spacial score (nSPS) is 10.1. The van der Waals surface area contributed by atoms with E-state index in [1.165, 1.54) is 12.1 Å². The second-order valence-electron chi connectivity index (χ2n) is 4.66. The van der Waals surface area contributed by atoms with Crippen LogP contribution in [0.1, 0.15) is 31.8 Å². The molecule has 0 radical (unpaired) electrons. The number of carbonyl (C=O) groups is 2. The van der Waals surface area contributed by atoms with Gasteiger partial charge in [-0.25, -0.2) is 4.79 Å². The smallest absolute Gasteiger partial charge is 0.335 e. The van der Waals surface area contributed by atoms with Crippen molar-refractivity contribution < 1.29 is 14.7 Å². The number of carbonyl (C=O) groups excluding carboxylic acids is 1. The minimum Gasteiger partial charge on any atom is -0.478 e. The molecule has 0 aliphatic carbocycles. The van der Waals surface area contributed by atoms with Gasteiger partial charge >= 0.3 is 5.97 Å². The quantitative estimate of drug-likeness (QED) is 0.898. The molecule has 0 spiro atoms. The number of aromatic carboxylic acids is 1. The number of nitrogens with one attached hydrogen (secondary N) is 1. The number of hydrogen-bond acceptors (Lipinski definition) is 2. The van der Waals surface area contributed by atoms with Crippen LogP contribution in [0.4, 0.5) is 5.69 Å². The largest absolute Gasteiger partial charge is 0.478 e. The van der Waals surface area contributed by atoms with Gasteiger partial charge in [-0.2, -0.15) is 0 Å². The Morgan fingerprint density at radius 1 is 0.950 bits per heavy atom. The van der Waals surface area contributed by atoms with Crippen molar-refractivity contribution in [2.75, 3.05) is 5.32 Å². The zero-order valence-electron chi connectivity index (χ0n) is 11.3. The number of anilines is 1. The minimum atomic E-state index is -0.982. The van der Waals surface area contributed by atoms with E-state index in [9.17, 15) is 9.59 Å². The lowest BCUT2D eigenvalue weighted by molar-refractivity contribution is 0.0696. The fraction of sp³-hybridized carbons (Fsp3) is 0.125. The zero-order valence-corrected chi connectivity index (χ0v) is 11.3. The summed E-state index contributed by atoms with van der Waals surface area (Å²) in [5.41, 5.74) is 3.18. The van der Waals surface area contributed by atoms with Crippen LogP contribution < -0.4 is 5.32 Å². The minimum absolute atomic E-state index is 0.204. The van der Waals surface area contributed by atoms with Crippen molar-refractivity contribution in [3.8, 4) is 0 Å². The summed E-state index contributed by atoms with van der Waals surface area (Å²) < 4.78 is 0. The highest BCUT2D eigenvalue weighted by molar-refractivity contribution is 6.04. The Morgan fingerprint density at radius 3 is 2.10 bits per heavy atom. The first kappa shape index (κ1) is 13.8. The van der Waals surface area contributed by atoms with Crippen molar-refractivity contribution in [1.29, 1.82) is 0 Å². The van der Waals surface area contributed by atoms with E-state index in [0.717, 1.165) is 5.56 Å². The molecule has 1 amide bonds. The number of aryl methyl sites for hydroxylation is 2. The van der Waals surface area contributed by atoms with Crippen LogP contribution >= 0.6 is 0 Å². The molecule has 0 bridgehead atoms. The maximum Gasteiger partial charge on any atom is 0.335 e. The topological polar surface area (TPSA) is 66.4 Å². The van der Waals surface area contributed by atoms with Crippen LogP contribution in [0.2, 0.25) is 0 Å². The first-order valence-electron chi connectivity index (χ1n) is 6.19. The maximum absolute atomic E-state index is 12.1. The Balaban J connectivity index is 2.19. The summed E-state index contributed by atoms with van der Waals surface area (Å²) in [6.07, 6.45) is 0. The Labute approximate surface area is 117 Å². The number of benzene rings is 2. The van der Waals surface area contributed by atoms with Crippen molar-refractivity contribution in [1.82, 2.24) is 0 Å². The molecule has 102 valence electrons. The molecule has 0 aliphatic heterocycles. The summed E-state index contributed by atoms with van der Waals surface area (Å²) in [4.78, 5) is 22.9. The molecule has 0 unspecified atom stereocenters. The van der Waals surface area contributed by atoms with Gasteiger partial charge in [0.15, 0.2) is 0 Å². The van der Waals surface area contributed by atoms with Crippen LogP contribution in [-0.4, -0.2) is 17.0 Å². The van der Waals surface area contributed by atoms with Crippen LogP contribution in [0.25, 0.3) is 0 Å². The van der Waals surface area contributed by atoms with E-state index in [1.54, 1.807) is 25.1 Å². The molecule has 2 N–H and O–H groups in total. The van der Waals surface area contributed by atoms with Crippen molar-refractivity contribution >= 4 is 17.6 Å². The van der Waals surface area contributed by atoms with Gasteiger partial charge in [-0.05, 0) is 49.7 Å². The van der Waals surface area contributed by atoms with Crippen molar-refractivity contribution in [2.24, 2.45) is 0 Å². The molecule has 2 aromatic carbocycles. The lowest BCUT2D eigenvalue weighted by Gasteiger charge is -2.09. The standard InChI is InChI=1S/C16H15NO3/c1-10-3-5-12(6-4-10)15(18)17-14-8-7-13(16(19)20)9-11(14)2/h3-9H,1-2H3,(H,17,18)(H,19,20). The summed E-state index contributed by atoms with van der Waals surface area (Å²) in [7, 11) is 0. The summed E-state index contributed by atoms with van der Waals surface area (Å²) in [6.45, 7) is 3.72. The van der Waals surface area contributed by atoms with E-state index >= 15 is 0 Å². The molecule has 0 heterocycles. The number of rotatable bonds is 3. The summed E-state index contributed by atoms with van der Waals surface area (Å²) in [5.74, 6) is -1.19. The number of carboxylic acids is 1. The van der Waals surface area contributed by atoms with Gasteiger partial charge < -0.3 is 10.4 Å². The molecule has 0 fully saturated rings. The molecule has 0 saturated heterocycles. The molecule has 0 aliphatic rings. The van der Waals surface area contributed by atoms with Gasteiger partial charge in [0.2, 0.25) is 0 Å². The number of carboxylic acid groups (broad SMARTS) is 1. The van der Waals surface area contributed by atoms with Crippen LogP contribution in [0.15, 0.2) is 42.5 Å². The van der Waals surface area contributed by atoms with Crippen molar-refractivity contribution in [2.45, 2.75) is 13.8 Å². The summed E-state index contributed by atoms with van der Waals surface area (Å²) >= 11 is 0. The van der Waals surface area contributed by atoms with Gasteiger partial charge in [0, 0.05) is 11.3 Å². The average molecular weight is 269 g/mol. The number of amides is 1. The Morgan fingerprint density at radius 2 is 1.55 bits per heavy atom. The van der Waals surface area contributed by atoms with Gasteiger partial charge in [0.05, 0.1) is 5.56 Å². The van der Waals surface area contributed by atoms with E-state index in [2.05, 4.69) is 5.32 Å². The predicted molar refractivity (Wildman–Crippen MR) is 77.3 cm³/mol. The van der Waals surface area contributed by atoms with E-state index in [0.29, 0.717) is 16.8 Å². The van der Waals surface area contributed by atoms with Crippen LogP contribution in [0.3, 0.4) is 0 Å². The molecule has 4 nitrogen and oxygen atoms in total. The summed E-state index contributed by atoms with van der Waals surface area (Å²) in [6, 6.07) is 11.9. The monoisotopic (exact) mass is 269 g/mol. The van der Waals surface area contributed by atoms with Gasteiger partial charge in [0.25, 0.3) is 5.91 Å². The third-order valence-electron chi connectivity index (χ3n) is 3.04. The third kappa shape index (κ3) is 3.03. The molecule has 0 aromatic heterocycles. The molecule has 0 saturated carbocycles. The lowest BCUT2D eigenvalue weighted by atomic mass is 10.1. The first-order valence-corrected chi connectivity index (χ1v) is 6.19. The second-order valence-corrected chi connectivity index (χ2v) is 4.66. The zero-order chi connectivity index (χ0) is 14.7. The van der Waals surface area contributed by atoms with Crippen LogP contribution in [-0.2, 0) is 0 Å². The van der Waals surface area contributed by atoms with Gasteiger partial charge in [-0.1, -0.05) is 17.7 Å². The SMILES string of the molecule is Cc1ccc(C(=O)Nc2ccc(C(=O)O)cc2C)cc1. The third-order valence-corrected chi connectivity index (χ3v) is 3.04. The lowest BCUT2D eigenvalue weighted by Crippen LogP contribution is -2.13. The van der Waals surface area contributed by atoms with Gasteiger partial charge in [-0.15, -0.1) is 0 Å². The maximum atomic E-state index is 12.1. The van der Waals surface area contributed by atoms with E-state index < -0.39 is 5.97 Å². The van der Waals surface area contributed by atoms with Gasteiger partial charge in [-0.3, -0.25) is 4.79 Å². The van der Waals surface area contributed by atoms with E-state index in [4.69, 9.17) is 5.11 Å². The fourth-order valence-corrected chi connectivity index (χ4v) is 1.84. The highest BCUT2D eigenvalue weighted by Crippen LogP contribution is 2.17. The second kappa shape index (κ2) is 5.57. The average Bonchev–Trinajstić information content (AvgIpc) is 2.41. The van der Waals surface area contributed by atoms with Crippen molar-refractivity contribution in [3.63, 3.8) is 0 Å². The fourth-order valence-electron chi connectivity index (χ4n) is 1.84. The molecule has 0 atom stereocenters. The Hall–Kier alpha value is -2.62. The van der Waals surface area contributed by atoms with Gasteiger partial charge in [0.1, 0.15) is 0 Å². The van der Waals surface area contributed by atoms with Crippen LogP contribution in [0.5, 0.6) is 0 Å². The molecule has 2 aromatic rings.